The van der Waals surface area contributed by atoms with Crippen molar-refractivity contribution in [1.29, 1.82) is 0 Å². The fourth-order valence-electron chi connectivity index (χ4n) is 2.62. The Morgan fingerprint density at radius 1 is 1.46 bits per heavy atom. The highest BCUT2D eigenvalue weighted by molar-refractivity contribution is 6.28. The highest BCUT2D eigenvalue weighted by Crippen LogP contribution is 2.41. The molecule has 1 aliphatic carbocycles. The van der Waals surface area contributed by atoms with Gasteiger partial charge < -0.3 is 9.73 Å². The maximum Gasteiger partial charge on any atom is 0.193 e. The lowest BCUT2D eigenvalue weighted by molar-refractivity contribution is 0.367. The summed E-state index contributed by atoms with van der Waals surface area (Å²) in [4.78, 5) is 0. The average molecular weight is 198 g/mol. The minimum atomic E-state index is 0.514. The van der Waals surface area contributed by atoms with Gasteiger partial charge >= 0.3 is 0 Å². The molecule has 3 rings (SSSR count). The minimum absolute atomic E-state index is 0.514. The van der Waals surface area contributed by atoms with Crippen molar-refractivity contribution < 1.29 is 4.42 Å². The van der Waals surface area contributed by atoms with Gasteiger partial charge in [0, 0.05) is 24.1 Å². The van der Waals surface area contributed by atoms with Crippen LogP contribution in [0, 0.1) is 5.92 Å². The SMILES string of the molecule is Clc1cc2c(o1)CCC1CCNC21. The van der Waals surface area contributed by atoms with Gasteiger partial charge in [0.25, 0.3) is 0 Å². The Morgan fingerprint density at radius 3 is 3.31 bits per heavy atom. The molecule has 2 unspecified atom stereocenters. The van der Waals surface area contributed by atoms with Gasteiger partial charge in [-0.25, -0.2) is 0 Å². The van der Waals surface area contributed by atoms with Gasteiger partial charge in [-0.2, -0.15) is 0 Å². The zero-order valence-corrected chi connectivity index (χ0v) is 8.10. The number of aryl methyl sites for hydroxylation is 1. The summed E-state index contributed by atoms with van der Waals surface area (Å²) in [5.74, 6) is 1.90. The zero-order chi connectivity index (χ0) is 8.84. The molecule has 1 aliphatic heterocycles. The van der Waals surface area contributed by atoms with E-state index in [0.717, 1.165) is 24.6 Å². The Balaban J connectivity index is 2.05. The molecule has 70 valence electrons. The molecule has 0 bridgehead atoms. The molecule has 0 aromatic carbocycles. The van der Waals surface area contributed by atoms with Gasteiger partial charge in [0.1, 0.15) is 5.76 Å². The maximum atomic E-state index is 5.85. The van der Waals surface area contributed by atoms with Gasteiger partial charge in [-0.1, -0.05) is 0 Å². The Labute approximate surface area is 82.3 Å². The van der Waals surface area contributed by atoms with Crippen LogP contribution < -0.4 is 5.32 Å². The number of hydrogen-bond donors (Lipinski definition) is 1. The van der Waals surface area contributed by atoms with Gasteiger partial charge in [-0.05, 0) is 36.9 Å². The lowest BCUT2D eigenvalue weighted by Crippen LogP contribution is -2.22. The molecule has 1 aromatic rings. The van der Waals surface area contributed by atoms with Crippen LogP contribution in [0.4, 0.5) is 0 Å². The van der Waals surface area contributed by atoms with Crippen molar-refractivity contribution in [3.05, 3.63) is 22.6 Å². The third-order valence-electron chi connectivity index (χ3n) is 3.24. The van der Waals surface area contributed by atoms with Crippen molar-refractivity contribution in [3.63, 3.8) is 0 Å². The lowest BCUT2D eigenvalue weighted by Gasteiger charge is -2.23. The van der Waals surface area contributed by atoms with E-state index in [-0.39, 0.29) is 0 Å². The van der Waals surface area contributed by atoms with Crippen LogP contribution >= 0.6 is 11.6 Å². The summed E-state index contributed by atoms with van der Waals surface area (Å²) in [5.41, 5.74) is 1.30. The maximum absolute atomic E-state index is 5.85. The lowest BCUT2D eigenvalue weighted by atomic mass is 9.84. The molecule has 1 saturated heterocycles. The second kappa shape index (κ2) is 2.76. The third-order valence-corrected chi connectivity index (χ3v) is 3.43. The summed E-state index contributed by atoms with van der Waals surface area (Å²) in [6.45, 7) is 1.14. The van der Waals surface area contributed by atoms with E-state index in [9.17, 15) is 0 Å². The standard InChI is InChI=1S/C10H12ClNO/c11-9-5-7-8(13-9)2-1-6-3-4-12-10(6)7/h5-6,10,12H,1-4H2. The van der Waals surface area contributed by atoms with Crippen molar-refractivity contribution in [2.75, 3.05) is 6.54 Å². The molecule has 2 atom stereocenters. The highest BCUT2D eigenvalue weighted by Gasteiger charge is 2.35. The number of nitrogens with one attached hydrogen (secondary N) is 1. The fraction of sp³-hybridized carbons (Fsp3) is 0.600. The van der Waals surface area contributed by atoms with Crippen LogP contribution in [0.3, 0.4) is 0 Å². The molecule has 1 N–H and O–H groups in total. The van der Waals surface area contributed by atoms with Gasteiger partial charge in [0.2, 0.25) is 0 Å². The molecule has 0 amide bonds. The van der Waals surface area contributed by atoms with Crippen molar-refractivity contribution >= 4 is 11.6 Å². The summed E-state index contributed by atoms with van der Waals surface area (Å²) >= 11 is 5.85. The topological polar surface area (TPSA) is 25.2 Å². The van der Waals surface area contributed by atoms with Gasteiger partial charge in [-0.15, -0.1) is 0 Å². The summed E-state index contributed by atoms with van der Waals surface area (Å²) in [6.07, 6.45) is 3.60. The molecular weight excluding hydrogens is 186 g/mol. The first kappa shape index (κ1) is 7.89. The molecule has 2 nitrogen and oxygen atoms in total. The number of rotatable bonds is 0. The molecule has 0 spiro atoms. The average Bonchev–Trinajstić information content (AvgIpc) is 2.65. The first-order chi connectivity index (χ1) is 6.34. The Bertz CT molecular complexity index is 334. The van der Waals surface area contributed by atoms with Gasteiger partial charge in [0.15, 0.2) is 5.22 Å². The Hall–Kier alpha value is -0.470. The van der Waals surface area contributed by atoms with Crippen LogP contribution in [0.25, 0.3) is 0 Å². The summed E-state index contributed by atoms with van der Waals surface area (Å²) in [5, 5.41) is 4.05. The fourth-order valence-corrected chi connectivity index (χ4v) is 2.83. The molecule has 2 aliphatic rings. The van der Waals surface area contributed by atoms with Crippen LogP contribution in [0.15, 0.2) is 10.5 Å². The minimum Gasteiger partial charge on any atom is -0.449 e. The van der Waals surface area contributed by atoms with Crippen molar-refractivity contribution in [1.82, 2.24) is 5.32 Å². The van der Waals surface area contributed by atoms with E-state index >= 15 is 0 Å². The van der Waals surface area contributed by atoms with Crippen molar-refractivity contribution in [3.8, 4) is 0 Å². The van der Waals surface area contributed by atoms with Crippen LogP contribution in [0.5, 0.6) is 0 Å². The van der Waals surface area contributed by atoms with E-state index in [4.69, 9.17) is 16.0 Å². The van der Waals surface area contributed by atoms with E-state index in [1.807, 2.05) is 6.07 Å². The van der Waals surface area contributed by atoms with Crippen LogP contribution in [0.1, 0.15) is 30.2 Å². The van der Waals surface area contributed by atoms with Gasteiger partial charge in [0.05, 0.1) is 0 Å². The van der Waals surface area contributed by atoms with Crippen LogP contribution in [0.2, 0.25) is 5.22 Å². The molecular formula is C10H12ClNO. The van der Waals surface area contributed by atoms with E-state index in [2.05, 4.69) is 5.32 Å². The van der Waals surface area contributed by atoms with E-state index in [0.29, 0.717) is 11.3 Å². The second-order valence-corrected chi connectivity index (χ2v) is 4.32. The highest BCUT2D eigenvalue weighted by atomic mass is 35.5. The largest absolute Gasteiger partial charge is 0.449 e. The van der Waals surface area contributed by atoms with Crippen LogP contribution in [-0.4, -0.2) is 6.54 Å². The number of furan rings is 1. The predicted molar refractivity (Wildman–Crippen MR) is 50.9 cm³/mol. The summed E-state index contributed by atoms with van der Waals surface area (Å²) in [6, 6.07) is 2.49. The zero-order valence-electron chi connectivity index (χ0n) is 7.35. The molecule has 13 heavy (non-hydrogen) atoms. The molecule has 1 fully saturated rings. The smallest absolute Gasteiger partial charge is 0.193 e. The Morgan fingerprint density at radius 2 is 2.38 bits per heavy atom. The number of fused-ring (bicyclic) bond motifs is 3. The molecule has 0 radical (unpaired) electrons. The van der Waals surface area contributed by atoms with E-state index < -0.39 is 0 Å². The first-order valence-corrected chi connectivity index (χ1v) is 5.24. The van der Waals surface area contributed by atoms with Crippen LogP contribution in [-0.2, 0) is 6.42 Å². The molecule has 1 aromatic heterocycles. The first-order valence-electron chi connectivity index (χ1n) is 4.86. The van der Waals surface area contributed by atoms with Crippen molar-refractivity contribution in [2.45, 2.75) is 25.3 Å². The molecule has 3 heteroatoms. The Kier molecular flexibility index (Phi) is 1.67. The van der Waals surface area contributed by atoms with E-state index in [1.54, 1.807) is 0 Å². The predicted octanol–water partition coefficient (Wildman–Crippen LogP) is 2.53. The molecule has 2 heterocycles. The second-order valence-electron chi connectivity index (χ2n) is 3.95. The summed E-state index contributed by atoms with van der Waals surface area (Å²) < 4.78 is 5.44. The quantitative estimate of drug-likeness (QED) is 0.692. The third kappa shape index (κ3) is 1.12. The number of hydrogen-bond acceptors (Lipinski definition) is 2. The number of halogens is 1. The monoisotopic (exact) mass is 197 g/mol. The summed E-state index contributed by atoms with van der Waals surface area (Å²) in [7, 11) is 0. The van der Waals surface area contributed by atoms with Gasteiger partial charge in [-0.3, -0.25) is 0 Å². The normalized spacial score (nSPS) is 31.5. The van der Waals surface area contributed by atoms with Crippen molar-refractivity contribution in [2.24, 2.45) is 5.92 Å². The molecule has 0 saturated carbocycles. The van der Waals surface area contributed by atoms with E-state index in [1.165, 1.54) is 18.4 Å².